The van der Waals surface area contributed by atoms with Gasteiger partial charge in [-0.1, -0.05) is 6.07 Å². The first kappa shape index (κ1) is 22.1. The summed E-state index contributed by atoms with van der Waals surface area (Å²) in [6.07, 6.45) is -8.82. The average molecular weight is 452 g/mol. The van der Waals surface area contributed by atoms with Crippen LogP contribution in [0.2, 0.25) is 0 Å². The zero-order chi connectivity index (χ0) is 22.3. The third kappa shape index (κ3) is 5.30. The van der Waals surface area contributed by atoms with Crippen molar-refractivity contribution in [3.63, 3.8) is 0 Å². The SMILES string of the molecule is O=C(Nc1cccc(S(=O)(=O)NC2CC2)c1)c1cc(C(F)(F)F)cc(C(F)(F)F)c1. The van der Waals surface area contributed by atoms with Crippen molar-refractivity contribution in [3.05, 3.63) is 59.2 Å². The monoisotopic (exact) mass is 452 g/mol. The van der Waals surface area contributed by atoms with Crippen LogP contribution in [-0.2, 0) is 22.4 Å². The summed E-state index contributed by atoms with van der Waals surface area (Å²) in [5, 5.41) is 2.13. The van der Waals surface area contributed by atoms with Gasteiger partial charge in [-0.05, 0) is 49.2 Å². The molecule has 0 heterocycles. The van der Waals surface area contributed by atoms with Gasteiger partial charge < -0.3 is 5.32 Å². The molecule has 2 aromatic carbocycles. The summed E-state index contributed by atoms with van der Waals surface area (Å²) in [7, 11) is -3.87. The number of benzene rings is 2. The minimum atomic E-state index is -5.10. The van der Waals surface area contributed by atoms with Gasteiger partial charge >= 0.3 is 12.4 Å². The number of nitrogens with one attached hydrogen (secondary N) is 2. The lowest BCUT2D eigenvalue weighted by Crippen LogP contribution is -2.25. The highest BCUT2D eigenvalue weighted by Crippen LogP contribution is 2.36. The second-order valence-corrected chi connectivity index (χ2v) is 8.39. The van der Waals surface area contributed by atoms with Crippen LogP contribution >= 0.6 is 0 Å². The van der Waals surface area contributed by atoms with Crippen molar-refractivity contribution in [2.24, 2.45) is 0 Å². The van der Waals surface area contributed by atoms with E-state index < -0.39 is 45.0 Å². The number of sulfonamides is 1. The van der Waals surface area contributed by atoms with E-state index in [1.807, 2.05) is 0 Å². The second kappa shape index (κ2) is 7.58. The largest absolute Gasteiger partial charge is 0.416 e. The molecule has 2 N–H and O–H groups in total. The maximum atomic E-state index is 12.9. The Morgan fingerprint density at radius 1 is 0.900 bits per heavy atom. The third-order valence-electron chi connectivity index (χ3n) is 4.15. The van der Waals surface area contributed by atoms with Crippen molar-refractivity contribution < 1.29 is 39.6 Å². The summed E-state index contributed by atoms with van der Waals surface area (Å²) in [5.41, 5.74) is -4.24. The van der Waals surface area contributed by atoms with Crippen LogP contribution in [0.1, 0.15) is 34.3 Å². The van der Waals surface area contributed by atoms with Gasteiger partial charge in [-0.3, -0.25) is 4.79 Å². The molecule has 162 valence electrons. The van der Waals surface area contributed by atoms with Crippen molar-refractivity contribution in [3.8, 4) is 0 Å². The van der Waals surface area contributed by atoms with Gasteiger partial charge in [0.25, 0.3) is 5.91 Å². The Hall–Kier alpha value is -2.60. The topological polar surface area (TPSA) is 75.3 Å². The fourth-order valence-electron chi connectivity index (χ4n) is 2.52. The Labute approximate surface area is 167 Å². The van der Waals surface area contributed by atoms with Gasteiger partial charge in [-0.15, -0.1) is 0 Å². The standard InChI is InChI=1S/C18H14F6N2O3S/c19-17(20,21)11-6-10(7-12(8-11)18(22,23)24)16(27)25-14-2-1-3-15(9-14)30(28,29)26-13-4-5-13/h1-3,6-9,13,26H,4-5H2,(H,25,27). The fourth-order valence-corrected chi connectivity index (χ4v) is 3.87. The lowest BCUT2D eigenvalue weighted by molar-refractivity contribution is -0.143. The minimum absolute atomic E-state index is 0.0898. The lowest BCUT2D eigenvalue weighted by atomic mass is 10.0. The molecule has 1 aliphatic carbocycles. The van der Waals surface area contributed by atoms with E-state index in [0.29, 0.717) is 25.0 Å². The van der Waals surface area contributed by atoms with Crippen LogP contribution in [0.3, 0.4) is 0 Å². The van der Waals surface area contributed by atoms with Crippen LogP contribution in [0.4, 0.5) is 32.0 Å². The Balaban J connectivity index is 1.90. The normalized spacial score (nSPS) is 15.1. The van der Waals surface area contributed by atoms with Crippen molar-refractivity contribution in [1.82, 2.24) is 4.72 Å². The van der Waals surface area contributed by atoms with E-state index in [0.717, 1.165) is 6.07 Å². The highest BCUT2D eigenvalue weighted by molar-refractivity contribution is 7.89. The summed E-state index contributed by atoms with van der Waals surface area (Å²) < 4.78 is 105. The number of halogens is 6. The highest BCUT2D eigenvalue weighted by Gasteiger charge is 2.37. The fraction of sp³-hybridized carbons (Fsp3) is 0.278. The first-order valence-electron chi connectivity index (χ1n) is 8.49. The van der Waals surface area contributed by atoms with Gasteiger partial charge in [0.1, 0.15) is 0 Å². The number of anilines is 1. The molecule has 1 amide bonds. The average Bonchev–Trinajstić information content (AvgIpc) is 3.43. The predicted octanol–water partition coefficient (Wildman–Crippen LogP) is 4.42. The molecule has 30 heavy (non-hydrogen) atoms. The van der Waals surface area contributed by atoms with E-state index in [1.54, 1.807) is 0 Å². The zero-order valence-electron chi connectivity index (χ0n) is 14.9. The third-order valence-corrected chi connectivity index (χ3v) is 5.67. The summed E-state index contributed by atoms with van der Waals surface area (Å²) in [5.74, 6) is -1.25. The van der Waals surface area contributed by atoms with Crippen molar-refractivity contribution >= 4 is 21.6 Å². The van der Waals surface area contributed by atoms with Gasteiger partial charge in [0.2, 0.25) is 10.0 Å². The van der Waals surface area contributed by atoms with Crippen LogP contribution < -0.4 is 10.0 Å². The van der Waals surface area contributed by atoms with E-state index in [4.69, 9.17) is 0 Å². The molecule has 0 atom stereocenters. The van der Waals surface area contributed by atoms with E-state index in [2.05, 4.69) is 10.0 Å². The first-order chi connectivity index (χ1) is 13.8. The van der Waals surface area contributed by atoms with Crippen LogP contribution in [-0.4, -0.2) is 20.4 Å². The molecule has 2 aromatic rings. The van der Waals surface area contributed by atoms with E-state index in [1.165, 1.54) is 18.2 Å². The van der Waals surface area contributed by atoms with Crippen molar-refractivity contribution in [2.75, 3.05) is 5.32 Å². The molecule has 5 nitrogen and oxygen atoms in total. The van der Waals surface area contributed by atoms with E-state index >= 15 is 0 Å². The maximum absolute atomic E-state index is 12.9. The summed E-state index contributed by atoms with van der Waals surface area (Å²) in [4.78, 5) is 12.1. The van der Waals surface area contributed by atoms with Gasteiger partial charge in [-0.2, -0.15) is 26.3 Å². The number of hydrogen-bond donors (Lipinski definition) is 2. The van der Waals surface area contributed by atoms with Crippen LogP contribution in [0.5, 0.6) is 0 Å². The van der Waals surface area contributed by atoms with Crippen molar-refractivity contribution in [2.45, 2.75) is 36.1 Å². The van der Waals surface area contributed by atoms with Crippen LogP contribution in [0.25, 0.3) is 0 Å². The number of alkyl halides is 6. The Morgan fingerprint density at radius 3 is 1.97 bits per heavy atom. The summed E-state index contributed by atoms with van der Waals surface area (Å²) in [6.45, 7) is 0. The molecule has 3 rings (SSSR count). The molecule has 12 heteroatoms. The van der Waals surface area contributed by atoms with Crippen molar-refractivity contribution in [1.29, 1.82) is 0 Å². The number of hydrogen-bond acceptors (Lipinski definition) is 3. The molecule has 1 fully saturated rings. The highest BCUT2D eigenvalue weighted by atomic mass is 32.2. The van der Waals surface area contributed by atoms with Gasteiger partial charge in [0.15, 0.2) is 0 Å². The molecule has 1 saturated carbocycles. The molecule has 1 aliphatic rings. The molecule has 0 aliphatic heterocycles. The Kier molecular flexibility index (Phi) is 5.58. The molecule has 0 aromatic heterocycles. The molecule has 0 radical (unpaired) electrons. The molecule has 0 bridgehead atoms. The molecule has 0 spiro atoms. The molecule has 0 saturated heterocycles. The smallest absolute Gasteiger partial charge is 0.322 e. The van der Waals surface area contributed by atoms with Gasteiger partial charge in [0, 0.05) is 17.3 Å². The number of carbonyl (C=O) groups is 1. The predicted molar refractivity (Wildman–Crippen MR) is 94.2 cm³/mol. The Bertz CT molecular complexity index is 1040. The number of carbonyl (C=O) groups excluding carboxylic acids is 1. The number of amides is 1. The lowest BCUT2D eigenvalue weighted by Gasteiger charge is -2.14. The second-order valence-electron chi connectivity index (χ2n) is 6.67. The summed E-state index contributed by atoms with van der Waals surface area (Å²) >= 11 is 0. The van der Waals surface area contributed by atoms with Crippen LogP contribution in [0, 0.1) is 0 Å². The van der Waals surface area contributed by atoms with Crippen LogP contribution in [0.15, 0.2) is 47.4 Å². The number of rotatable bonds is 5. The van der Waals surface area contributed by atoms with E-state index in [9.17, 15) is 39.6 Å². The minimum Gasteiger partial charge on any atom is -0.322 e. The quantitative estimate of drug-likeness (QED) is 0.660. The first-order valence-corrected chi connectivity index (χ1v) is 9.97. The van der Waals surface area contributed by atoms with Gasteiger partial charge in [0.05, 0.1) is 16.0 Å². The van der Waals surface area contributed by atoms with Gasteiger partial charge in [-0.25, -0.2) is 13.1 Å². The maximum Gasteiger partial charge on any atom is 0.416 e. The molecular weight excluding hydrogens is 438 g/mol. The van der Waals surface area contributed by atoms with E-state index in [-0.39, 0.29) is 22.7 Å². The Morgan fingerprint density at radius 2 is 1.47 bits per heavy atom. The zero-order valence-corrected chi connectivity index (χ0v) is 15.8. The summed E-state index contributed by atoms with van der Waals surface area (Å²) in [6, 6.07) is 5.15. The molecular formula is C18H14F6N2O3S. The molecule has 0 unspecified atom stereocenters.